The topological polar surface area (TPSA) is 49.8 Å². The molecular weight excluding hydrogens is 224 g/mol. The fraction of sp³-hybridized carbons (Fsp3) is 0.714. The molecule has 1 aliphatic heterocycles. The average Bonchev–Trinajstić information content (AvgIpc) is 2.40. The lowest BCUT2D eigenvalue weighted by Gasteiger charge is -2.26. The Kier molecular flexibility index (Phi) is 4.17. The number of hydrogen-bond donors (Lipinski definition) is 2. The van der Waals surface area contributed by atoms with E-state index >= 15 is 0 Å². The van der Waals surface area contributed by atoms with Crippen molar-refractivity contribution in [1.82, 2.24) is 15.3 Å². The van der Waals surface area contributed by atoms with Crippen molar-refractivity contribution in [1.29, 1.82) is 0 Å². The molecule has 2 heterocycles. The highest BCUT2D eigenvalue weighted by atomic mass is 15.1. The number of rotatable bonds is 4. The number of nitrogens with one attached hydrogen (secondary N) is 2. The Morgan fingerprint density at radius 1 is 1.33 bits per heavy atom. The number of piperidine rings is 1. The zero-order valence-corrected chi connectivity index (χ0v) is 11.7. The minimum absolute atomic E-state index is 0.119. The van der Waals surface area contributed by atoms with Crippen LogP contribution in [0, 0.1) is 0 Å². The van der Waals surface area contributed by atoms with E-state index in [9.17, 15) is 0 Å². The molecule has 1 aromatic heterocycles. The van der Waals surface area contributed by atoms with Crippen molar-refractivity contribution >= 4 is 5.82 Å². The van der Waals surface area contributed by atoms with Gasteiger partial charge < -0.3 is 10.6 Å². The van der Waals surface area contributed by atoms with Gasteiger partial charge in [-0.1, -0.05) is 20.8 Å². The highest BCUT2D eigenvalue weighted by Gasteiger charge is 2.21. The van der Waals surface area contributed by atoms with Gasteiger partial charge in [0.2, 0.25) is 0 Å². The Balaban J connectivity index is 2.07. The van der Waals surface area contributed by atoms with Gasteiger partial charge >= 0.3 is 0 Å². The van der Waals surface area contributed by atoms with Crippen molar-refractivity contribution in [2.45, 2.75) is 51.5 Å². The maximum Gasteiger partial charge on any atom is 0.129 e. The maximum absolute atomic E-state index is 4.41. The summed E-state index contributed by atoms with van der Waals surface area (Å²) in [7, 11) is 0. The molecular formula is C14H24N4. The molecule has 1 fully saturated rings. The Morgan fingerprint density at radius 3 is 2.72 bits per heavy atom. The summed E-state index contributed by atoms with van der Waals surface area (Å²) in [5.41, 5.74) is 1.24. The molecule has 2 rings (SSSR count). The largest absolute Gasteiger partial charge is 0.367 e. The lowest BCUT2D eigenvalue weighted by atomic mass is 9.86. The van der Waals surface area contributed by atoms with Gasteiger partial charge in [0.05, 0.1) is 5.69 Å². The van der Waals surface area contributed by atoms with Gasteiger partial charge in [0.25, 0.3) is 0 Å². The van der Waals surface area contributed by atoms with Crippen LogP contribution in [0.3, 0.4) is 0 Å². The number of anilines is 1. The van der Waals surface area contributed by atoms with Crippen molar-refractivity contribution in [3.63, 3.8) is 0 Å². The van der Waals surface area contributed by atoms with Crippen molar-refractivity contribution in [2.75, 3.05) is 18.4 Å². The summed E-state index contributed by atoms with van der Waals surface area (Å²) in [5.74, 6) is 0.966. The molecule has 100 valence electrons. The normalized spacial score (nSPS) is 17.7. The van der Waals surface area contributed by atoms with E-state index in [1.165, 1.54) is 0 Å². The summed E-state index contributed by atoms with van der Waals surface area (Å²) in [6.45, 7) is 8.83. The summed E-state index contributed by atoms with van der Waals surface area (Å²) in [6.07, 6.45) is 5.08. The molecule has 0 atom stereocenters. The first kappa shape index (κ1) is 13.3. The molecule has 1 aromatic rings. The summed E-state index contributed by atoms with van der Waals surface area (Å²) in [4.78, 5) is 8.75. The van der Waals surface area contributed by atoms with Crippen molar-refractivity contribution < 1.29 is 0 Å². The lowest BCUT2D eigenvalue weighted by molar-refractivity contribution is 0.475. The van der Waals surface area contributed by atoms with Crippen LogP contribution >= 0.6 is 0 Å². The monoisotopic (exact) mass is 248 g/mol. The molecule has 0 aromatic carbocycles. The Bertz CT molecular complexity index is 383. The van der Waals surface area contributed by atoms with E-state index in [1.54, 1.807) is 6.33 Å². The summed E-state index contributed by atoms with van der Waals surface area (Å²) in [6, 6.07) is 2.64. The third-order valence-electron chi connectivity index (χ3n) is 3.94. The average molecular weight is 248 g/mol. The van der Waals surface area contributed by atoms with E-state index in [1.807, 2.05) is 0 Å². The van der Waals surface area contributed by atoms with Crippen LogP contribution in [-0.4, -0.2) is 29.1 Å². The van der Waals surface area contributed by atoms with Gasteiger partial charge in [0.15, 0.2) is 0 Å². The molecule has 0 radical (unpaired) electrons. The van der Waals surface area contributed by atoms with Crippen LogP contribution in [0.1, 0.15) is 45.7 Å². The van der Waals surface area contributed by atoms with Gasteiger partial charge in [-0.05, 0) is 32.4 Å². The van der Waals surface area contributed by atoms with E-state index < -0.39 is 0 Å². The van der Waals surface area contributed by atoms with E-state index in [0.29, 0.717) is 6.04 Å². The minimum Gasteiger partial charge on any atom is -0.367 e. The van der Waals surface area contributed by atoms with E-state index in [2.05, 4.69) is 47.4 Å². The molecule has 4 heteroatoms. The standard InChI is InChI=1S/C14H24N4/c1-4-14(2,3)12-9-13(17-10-16-12)18-11-5-7-15-8-6-11/h9-11,15H,4-8H2,1-3H3,(H,16,17,18). The van der Waals surface area contributed by atoms with Gasteiger partial charge in [-0.2, -0.15) is 0 Å². The predicted octanol–water partition coefficient (Wildman–Crippen LogP) is 2.33. The van der Waals surface area contributed by atoms with Crippen LogP contribution in [0.15, 0.2) is 12.4 Å². The van der Waals surface area contributed by atoms with Crippen LogP contribution < -0.4 is 10.6 Å². The van der Waals surface area contributed by atoms with E-state index in [-0.39, 0.29) is 5.41 Å². The molecule has 0 amide bonds. The van der Waals surface area contributed by atoms with Gasteiger partial charge in [-0.15, -0.1) is 0 Å². The lowest BCUT2D eigenvalue weighted by Crippen LogP contribution is -2.35. The summed E-state index contributed by atoms with van der Waals surface area (Å²) < 4.78 is 0. The summed E-state index contributed by atoms with van der Waals surface area (Å²) >= 11 is 0. The summed E-state index contributed by atoms with van der Waals surface area (Å²) in [5, 5.41) is 6.90. The van der Waals surface area contributed by atoms with Crippen molar-refractivity contribution in [2.24, 2.45) is 0 Å². The number of aromatic nitrogens is 2. The van der Waals surface area contributed by atoms with Crippen LogP contribution in [0.4, 0.5) is 5.82 Å². The first-order valence-corrected chi connectivity index (χ1v) is 6.91. The van der Waals surface area contributed by atoms with Crippen molar-refractivity contribution in [3.05, 3.63) is 18.1 Å². The van der Waals surface area contributed by atoms with Gasteiger partial charge in [-0.25, -0.2) is 9.97 Å². The maximum atomic E-state index is 4.41. The molecule has 18 heavy (non-hydrogen) atoms. The van der Waals surface area contributed by atoms with Gasteiger partial charge in [0, 0.05) is 17.5 Å². The third kappa shape index (κ3) is 3.19. The number of hydrogen-bond acceptors (Lipinski definition) is 4. The zero-order chi connectivity index (χ0) is 13.0. The SMILES string of the molecule is CCC(C)(C)c1cc(NC2CCNCC2)ncn1. The Labute approximate surface area is 110 Å². The second-order valence-corrected chi connectivity index (χ2v) is 5.69. The molecule has 0 bridgehead atoms. The molecule has 0 spiro atoms. The van der Waals surface area contributed by atoms with Crippen LogP contribution in [0.25, 0.3) is 0 Å². The highest BCUT2D eigenvalue weighted by Crippen LogP contribution is 2.26. The fourth-order valence-electron chi connectivity index (χ4n) is 2.16. The van der Waals surface area contributed by atoms with E-state index in [4.69, 9.17) is 0 Å². The van der Waals surface area contributed by atoms with Crippen molar-refractivity contribution in [3.8, 4) is 0 Å². The predicted molar refractivity (Wildman–Crippen MR) is 74.9 cm³/mol. The van der Waals surface area contributed by atoms with Gasteiger partial charge in [-0.3, -0.25) is 0 Å². The van der Waals surface area contributed by atoms with Crippen LogP contribution in [-0.2, 0) is 5.41 Å². The highest BCUT2D eigenvalue weighted by molar-refractivity contribution is 5.38. The fourth-order valence-corrected chi connectivity index (χ4v) is 2.16. The second-order valence-electron chi connectivity index (χ2n) is 5.69. The van der Waals surface area contributed by atoms with Gasteiger partial charge in [0.1, 0.15) is 12.1 Å². The first-order chi connectivity index (χ1) is 8.62. The minimum atomic E-state index is 0.119. The molecule has 1 saturated heterocycles. The number of nitrogens with zero attached hydrogens (tertiary/aromatic N) is 2. The zero-order valence-electron chi connectivity index (χ0n) is 11.7. The Hall–Kier alpha value is -1.16. The molecule has 1 aliphatic rings. The smallest absolute Gasteiger partial charge is 0.129 e. The van der Waals surface area contributed by atoms with Crippen LogP contribution in [0.2, 0.25) is 0 Å². The molecule has 2 N–H and O–H groups in total. The van der Waals surface area contributed by atoms with Crippen LogP contribution in [0.5, 0.6) is 0 Å². The molecule has 0 unspecified atom stereocenters. The molecule has 4 nitrogen and oxygen atoms in total. The van der Waals surface area contributed by atoms with E-state index in [0.717, 1.165) is 43.9 Å². The molecule has 0 aliphatic carbocycles. The second kappa shape index (κ2) is 5.65. The Morgan fingerprint density at radius 2 is 2.06 bits per heavy atom. The third-order valence-corrected chi connectivity index (χ3v) is 3.94. The molecule has 0 saturated carbocycles. The first-order valence-electron chi connectivity index (χ1n) is 6.91. The quantitative estimate of drug-likeness (QED) is 0.858.